The highest BCUT2D eigenvalue weighted by atomic mass is 16.5. The van der Waals surface area contributed by atoms with Gasteiger partial charge in [0.15, 0.2) is 0 Å². The Morgan fingerprint density at radius 3 is 2.78 bits per heavy atom. The van der Waals surface area contributed by atoms with Gasteiger partial charge in [0.25, 0.3) is 0 Å². The van der Waals surface area contributed by atoms with Crippen LogP contribution in [0.5, 0.6) is 0 Å². The minimum Gasteiger partial charge on any atom is -0.382 e. The summed E-state index contributed by atoms with van der Waals surface area (Å²) in [6.07, 6.45) is 6.68. The van der Waals surface area contributed by atoms with Gasteiger partial charge in [0.05, 0.1) is 13.2 Å². The van der Waals surface area contributed by atoms with Crippen molar-refractivity contribution in [2.24, 2.45) is 0 Å². The fraction of sp³-hybridized carbons (Fsp3) is 1.00. The van der Waals surface area contributed by atoms with Crippen molar-refractivity contribution < 1.29 is 9.47 Å². The fourth-order valence-electron chi connectivity index (χ4n) is 3.25. The molecule has 0 aromatic rings. The van der Waals surface area contributed by atoms with Gasteiger partial charge in [-0.15, -0.1) is 0 Å². The maximum Gasteiger partial charge on any atom is 0.0700 e. The Kier molecular flexibility index (Phi) is 5.89. The first-order valence-corrected chi connectivity index (χ1v) is 7.39. The Morgan fingerprint density at radius 1 is 1.17 bits per heavy atom. The van der Waals surface area contributed by atoms with Crippen molar-refractivity contribution in [1.29, 1.82) is 0 Å². The quantitative estimate of drug-likeness (QED) is 0.695. The van der Waals surface area contributed by atoms with Crippen molar-refractivity contribution >= 4 is 0 Å². The lowest BCUT2D eigenvalue weighted by molar-refractivity contribution is 0.0601. The fourth-order valence-corrected chi connectivity index (χ4v) is 3.25. The first kappa shape index (κ1) is 14.3. The minimum atomic E-state index is 0.454. The molecule has 0 aromatic carbocycles. The van der Waals surface area contributed by atoms with E-state index in [-0.39, 0.29) is 0 Å². The molecule has 1 N–H and O–H groups in total. The molecule has 2 rings (SSSR count). The summed E-state index contributed by atoms with van der Waals surface area (Å²) in [5.74, 6) is 0. The Morgan fingerprint density at radius 2 is 2.00 bits per heavy atom. The summed E-state index contributed by atoms with van der Waals surface area (Å²) in [4.78, 5) is 2.61. The Bertz CT molecular complexity index is 230. The van der Waals surface area contributed by atoms with Crippen molar-refractivity contribution in [2.75, 3.05) is 53.1 Å². The number of nitrogens with one attached hydrogen (secondary N) is 1. The van der Waals surface area contributed by atoms with Crippen LogP contribution in [-0.2, 0) is 9.47 Å². The van der Waals surface area contributed by atoms with Crippen molar-refractivity contribution in [3.63, 3.8) is 0 Å². The minimum absolute atomic E-state index is 0.454. The van der Waals surface area contributed by atoms with E-state index in [9.17, 15) is 0 Å². The second-order valence-electron chi connectivity index (χ2n) is 5.65. The summed E-state index contributed by atoms with van der Waals surface area (Å²) in [6.45, 7) is 7.06. The lowest BCUT2D eigenvalue weighted by Gasteiger charge is -2.41. The summed E-state index contributed by atoms with van der Waals surface area (Å²) >= 11 is 0. The van der Waals surface area contributed by atoms with Gasteiger partial charge >= 0.3 is 0 Å². The van der Waals surface area contributed by atoms with Crippen LogP contribution in [0.3, 0.4) is 0 Å². The lowest BCUT2D eigenvalue weighted by Crippen LogP contribution is -2.59. The van der Waals surface area contributed by atoms with Gasteiger partial charge in [-0.2, -0.15) is 0 Å². The molecule has 1 aliphatic heterocycles. The van der Waals surface area contributed by atoms with E-state index in [0.29, 0.717) is 12.1 Å². The number of rotatable bonds is 7. The van der Waals surface area contributed by atoms with E-state index in [1.165, 1.54) is 45.3 Å². The van der Waals surface area contributed by atoms with E-state index in [1.807, 2.05) is 0 Å². The molecule has 4 heteroatoms. The topological polar surface area (TPSA) is 33.7 Å². The second kappa shape index (κ2) is 7.43. The molecule has 4 nitrogen and oxygen atoms in total. The van der Waals surface area contributed by atoms with E-state index in [1.54, 1.807) is 7.11 Å². The summed E-state index contributed by atoms with van der Waals surface area (Å²) in [5, 5.41) is 3.75. The Labute approximate surface area is 111 Å². The summed E-state index contributed by atoms with van der Waals surface area (Å²) < 4.78 is 10.5. The number of hydrogen-bond acceptors (Lipinski definition) is 4. The molecular formula is C14H28N2O2. The average molecular weight is 256 g/mol. The highest BCUT2D eigenvalue weighted by Gasteiger charge is 2.37. The Hall–Kier alpha value is -0.160. The molecule has 106 valence electrons. The third-order valence-electron chi connectivity index (χ3n) is 4.21. The zero-order chi connectivity index (χ0) is 12.7. The largest absolute Gasteiger partial charge is 0.382 e. The predicted molar refractivity (Wildman–Crippen MR) is 73.0 cm³/mol. The summed E-state index contributed by atoms with van der Waals surface area (Å²) in [5.41, 5.74) is 0.454. The number of nitrogens with zero attached hydrogens (tertiary/aromatic N) is 1. The van der Waals surface area contributed by atoms with Crippen molar-refractivity contribution in [2.45, 2.75) is 37.6 Å². The van der Waals surface area contributed by atoms with Crippen molar-refractivity contribution in [1.82, 2.24) is 10.2 Å². The van der Waals surface area contributed by atoms with E-state index in [2.05, 4.69) is 10.2 Å². The maximum atomic E-state index is 5.51. The number of ether oxygens (including phenoxy) is 2. The molecule has 2 aliphatic rings. The van der Waals surface area contributed by atoms with E-state index >= 15 is 0 Å². The van der Waals surface area contributed by atoms with Crippen molar-refractivity contribution in [3.8, 4) is 0 Å². The Balaban J connectivity index is 1.58. The van der Waals surface area contributed by atoms with Gasteiger partial charge in [-0.1, -0.05) is 12.8 Å². The molecule has 0 atom stereocenters. The number of hydrogen-bond donors (Lipinski definition) is 1. The molecule has 2 fully saturated rings. The molecule has 1 heterocycles. The van der Waals surface area contributed by atoms with Gasteiger partial charge in [0.2, 0.25) is 0 Å². The smallest absolute Gasteiger partial charge is 0.0700 e. The molecule has 0 unspecified atom stereocenters. The van der Waals surface area contributed by atoms with Crippen LogP contribution in [-0.4, -0.2) is 63.5 Å². The highest BCUT2D eigenvalue weighted by molar-refractivity contribution is 4.97. The summed E-state index contributed by atoms with van der Waals surface area (Å²) in [6, 6.07) is 0. The third kappa shape index (κ3) is 4.19. The van der Waals surface area contributed by atoms with Crippen LogP contribution in [0.1, 0.15) is 32.1 Å². The van der Waals surface area contributed by atoms with E-state index < -0.39 is 0 Å². The van der Waals surface area contributed by atoms with Gasteiger partial charge in [0, 0.05) is 45.4 Å². The molecule has 0 amide bonds. The lowest BCUT2D eigenvalue weighted by atomic mass is 9.94. The first-order valence-electron chi connectivity index (χ1n) is 7.39. The van der Waals surface area contributed by atoms with E-state index in [4.69, 9.17) is 9.47 Å². The van der Waals surface area contributed by atoms with Gasteiger partial charge < -0.3 is 19.7 Å². The third-order valence-corrected chi connectivity index (χ3v) is 4.21. The standard InChI is InChI=1S/C14H28N2O2/c1-17-11-12-18-10-4-8-16-9-7-15-14(13-16)5-2-3-6-14/h15H,2-13H2,1H3. The van der Waals surface area contributed by atoms with Gasteiger partial charge in [-0.05, 0) is 19.3 Å². The monoisotopic (exact) mass is 256 g/mol. The number of methoxy groups -OCH3 is 1. The van der Waals surface area contributed by atoms with Crippen LogP contribution in [0.2, 0.25) is 0 Å². The van der Waals surface area contributed by atoms with Crippen LogP contribution in [0.4, 0.5) is 0 Å². The average Bonchev–Trinajstić information content (AvgIpc) is 2.82. The molecule has 1 aliphatic carbocycles. The zero-order valence-corrected chi connectivity index (χ0v) is 11.7. The molecule has 1 saturated heterocycles. The molecule has 18 heavy (non-hydrogen) atoms. The molecule has 0 radical (unpaired) electrons. The van der Waals surface area contributed by atoms with Crippen LogP contribution in [0, 0.1) is 0 Å². The molecule has 0 bridgehead atoms. The van der Waals surface area contributed by atoms with Crippen LogP contribution < -0.4 is 5.32 Å². The van der Waals surface area contributed by atoms with Crippen LogP contribution >= 0.6 is 0 Å². The molecule has 1 saturated carbocycles. The first-order chi connectivity index (χ1) is 8.85. The number of piperazine rings is 1. The zero-order valence-electron chi connectivity index (χ0n) is 11.7. The van der Waals surface area contributed by atoms with E-state index in [0.717, 1.165) is 26.2 Å². The normalized spacial score (nSPS) is 23.8. The maximum absolute atomic E-state index is 5.51. The highest BCUT2D eigenvalue weighted by Crippen LogP contribution is 2.31. The van der Waals surface area contributed by atoms with Crippen LogP contribution in [0.25, 0.3) is 0 Å². The molecule has 1 spiro atoms. The predicted octanol–water partition coefficient (Wildman–Crippen LogP) is 1.26. The van der Waals surface area contributed by atoms with Crippen molar-refractivity contribution in [3.05, 3.63) is 0 Å². The van der Waals surface area contributed by atoms with Crippen LogP contribution in [0.15, 0.2) is 0 Å². The SMILES string of the molecule is COCCOCCCN1CCNC2(CCCC2)C1. The van der Waals surface area contributed by atoms with Gasteiger partial charge in [-0.25, -0.2) is 0 Å². The van der Waals surface area contributed by atoms with Gasteiger partial charge in [-0.3, -0.25) is 0 Å². The second-order valence-corrected chi connectivity index (χ2v) is 5.65. The van der Waals surface area contributed by atoms with Gasteiger partial charge in [0.1, 0.15) is 0 Å². The molecule has 0 aromatic heterocycles. The molecular weight excluding hydrogens is 228 g/mol. The summed E-state index contributed by atoms with van der Waals surface area (Å²) in [7, 11) is 1.71.